The molecule has 110 valence electrons. The predicted molar refractivity (Wildman–Crippen MR) is 81.1 cm³/mol. The largest absolute Gasteiger partial charge is 0.497 e. The summed E-state index contributed by atoms with van der Waals surface area (Å²) in [7, 11) is 5.13. The molecule has 21 heavy (non-hydrogen) atoms. The van der Waals surface area contributed by atoms with Crippen LogP contribution in [0, 0.1) is 0 Å². The molecule has 2 aromatic rings. The van der Waals surface area contributed by atoms with Gasteiger partial charge in [-0.05, 0) is 12.1 Å². The Morgan fingerprint density at radius 2 is 2.05 bits per heavy atom. The number of H-pyrrole nitrogens is 1. The van der Waals surface area contributed by atoms with E-state index in [1.807, 2.05) is 0 Å². The molecular formula is C14H16N4O3. The van der Waals surface area contributed by atoms with E-state index in [4.69, 9.17) is 4.74 Å². The molecule has 0 fully saturated rings. The SMILES string of the molecule is COc1cccc(-n2c(/N=C/N(C)C)cc(=O)[nH]c2=O)c1. The fraction of sp³-hybridized carbons (Fsp3) is 0.214. The molecule has 7 nitrogen and oxygen atoms in total. The van der Waals surface area contributed by atoms with Gasteiger partial charge in [0.05, 0.1) is 19.1 Å². The zero-order chi connectivity index (χ0) is 15.4. The number of rotatable bonds is 4. The van der Waals surface area contributed by atoms with Crippen molar-refractivity contribution in [3.8, 4) is 11.4 Å². The van der Waals surface area contributed by atoms with Gasteiger partial charge in [-0.1, -0.05) is 6.07 Å². The highest BCUT2D eigenvalue weighted by atomic mass is 16.5. The minimum atomic E-state index is -0.554. The van der Waals surface area contributed by atoms with Gasteiger partial charge in [-0.3, -0.25) is 9.78 Å². The second kappa shape index (κ2) is 6.08. The first-order valence-electron chi connectivity index (χ1n) is 6.22. The minimum Gasteiger partial charge on any atom is -0.497 e. The van der Waals surface area contributed by atoms with Crippen LogP contribution < -0.4 is 16.0 Å². The van der Waals surface area contributed by atoms with E-state index < -0.39 is 11.2 Å². The summed E-state index contributed by atoms with van der Waals surface area (Å²) < 4.78 is 6.45. The summed E-state index contributed by atoms with van der Waals surface area (Å²) in [4.78, 5) is 31.7. The van der Waals surface area contributed by atoms with Crippen molar-refractivity contribution in [2.75, 3.05) is 21.2 Å². The fourth-order valence-electron chi connectivity index (χ4n) is 1.75. The number of nitrogens with zero attached hydrogens (tertiary/aromatic N) is 3. The van der Waals surface area contributed by atoms with E-state index in [1.54, 1.807) is 50.4 Å². The zero-order valence-corrected chi connectivity index (χ0v) is 12.0. The molecule has 0 bridgehead atoms. The molecule has 0 unspecified atom stereocenters. The van der Waals surface area contributed by atoms with E-state index in [-0.39, 0.29) is 5.82 Å². The minimum absolute atomic E-state index is 0.241. The summed E-state index contributed by atoms with van der Waals surface area (Å²) in [6.07, 6.45) is 1.52. The second-order valence-corrected chi connectivity index (χ2v) is 4.54. The molecule has 0 saturated carbocycles. The maximum absolute atomic E-state index is 12.1. The zero-order valence-electron chi connectivity index (χ0n) is 12.0. The lowest BCUT2D eigenvalue weighted by atomic mass is 10.3. The molecule has 0 spiro atoms. The summed E-state index contributed by atoms with van der Waals surface area (Å²) in [5.41, 5.74) is -0.492. The Labute approximate surface area is 121 Å². The van der Waals surface area contributed by atoms with Gasteiger partial charge in [-0.2, -0.15) is 0 Å². The predicted octanol–water partition coefficient (Wildman–Crippen LogP) is 0.756. The van der Waals surface area contributed by atoms with E-state index in [1.165, 1.54) is 17.0 Å². The van der Waals surface area contributed by atoms with E-state index in [0.29, 0.717) is 11.4 Å². The summed E-state index contributed by atoms with van der Waals surface area (Å²) in [5.74, 6) is 0.846. The van der Waals surface area contributed by atoms with Gasteiger partial charge in [0, 0.05) is 26.2 Å². The lowest BCUT2D eigenvalue weighted by Crippen LogP contribution is -2.28. The van der Waals surface area contributed by atoms with Gasteiger partial charge < -0.3 is 9.64 Å². The Morgan fingerprint density at radius 3 is 2.71 bits per heavy atom. The standard InChI is InChI=1S/C14H16N4O3/c1-17(2)9-15-12-8-13(19)16-14(20)18(12)10-5-4-6-11(7-10)21-3/h4-9H,1-3H3,(H,16,19,20)/b15-9+. The number of benzene rings is 1. The summed E-state index contributed by atoms with van der Waals surface area (Å²) in [6, 6.07) is 8.21. The van der Waals surface area contributed by atoms with Gasteiger partial charge in [0.25, 0.3) is 5.56 Å². The van der Waals surface area contributed by atoms with Crippen LogP contribution in [0.3, 0.4) is 0 Å². The van der Waals surface area contributed by atoms with Crippen LogP contribution in [0.1, 0.15) is 0 Å². The van der Waals surface area contributed by atoms with Gasteiger partial charge in [-0.25, -0.2) is 14.4 Å². The molecule has 2 rings (SSSR count). The Bertz CT molecular complexity index is 774. The monoisotopic (exact) mass is 288 g/mol. The van der Waals surface area contributed by atoms with Crippen molar-refractivity contribution in [2.24, 2.45) is 4.99 Å². The second-order valence-electron chi connectivity index (χ2n) is 4.54. The number of nitrogens with one attached hydrogen (secondary N) is 1. The highest BCUT2D eigenvalue weighted by Gasteiger charge is 2.08. The van der Waals surface area contributed by atoms with Crippen molar-refractivity contribution in [2.45, 2.75) is 0 Å². The molecule has 1 heterocycles. The average molecular weight is 288 g/mol. The molecule has 0 saturated heterocycles. The van der Waals surface area contributed by atoms with E-state index in [0.717, 1.165) is 0 Å². The first-order chi connectivity index (χ1) is 10.0. The van der Waals surface area contributed by atoms with E-state index >= 15 is 0 Å². The van der Waals surface area contributed by atoms with Crippen molar-refractivity contribution in [3.63, 3.8) is 0 Å². The van der Waals surface area contributed by atoms with Crippen LogP contribution in [0.2, 0.25) is 0 Å². The van der Waals surface area contributed by atoms with Gasteiger partial charge >= 0.3 is 5.69 Å². The topological polar surface area (TPSA) is 79.7 Å². The van der Waals surface area contributed by atoms with Crippen LogP contribution in [0.15, 0.2) is 44.9 Å². The molecule has 0 radical (unpaired) electrons. The average Bonchev–Trinajstić information content (AvgIpc) is 2.44. The summed E-state index contributed by atoms with van der Waals surface area (Å²) in [5, 5.41) is 0. The molecule has 7 heteroatoms. The number of aliphatic imine (C=N–C) groups is 1. The van der Waals surface area contributed by atoms with Crippen LogP contribution in [0.5, 0.6) is 5.75 Å². The number of aromatic nitrogens is 2. The van der Waals surface area contributed by atoms with E-state index in [9.17, 15) is 9.59 Å². The highest BCUT2D eigenvalue weighted by molar-refractivity contribution is 5.60. The number of aromatic amines is 1. The Morgan fingerprint density at radius 1 is 1.29 bits per heavy atom. The molecule has 1 N–H and O–H groups in total. The van der Waals surface area contributed by atoms with Crippen LogP contribution in [-0.2, 0) is 0 Å². The smallest absolute Gasteiger partial charge is 0.334 e. The number of hydrogen-bond acceptors (Lipinski definition) is 4. The number of ether oxygens (including phenoxy) is 1. The lowest BCUT2D eigenvalue weighted by molar-refractivity contribution is 0.414. The van der Waals surface area contributed by atoms with Gasteiger partial charge in [-0.15, -0.1) is 0 Å². The Balaban J connectivity index is 2.66. The third-order valence-electron chi connectivity index (χ3n) is 2.65. The third kappa shape index (κ3) is 3.38. The number of hydrogen-bond donors (Lipinski definition) is 1. The molecule has 0 aliphatic heterocycles. The molecule has 1 aromatic carbocycles. The van der Waals surface area contributed by atoms with Gasteiger partial charge in [0.15, 0.2) is 0 Å². The van der Waals surface area contributed by atoms with Crippen LogP contribution in [-0.4, -0.2) is 42.0 Å². The quantitative estimate of drug-likeness (QED) is 0.665. The maximum atomic E-state index is 12.1. The lowest BCUT2D eigenvalue weighted by Gasteiger charge is -2.10. The van der Waals surface area contributed by atoms with Gasteiger partial charge in [0.2, 0.25) is 0 Å². The normalized spacial score (nSPS) is 10.8. The van der Waals surface area contributed by atoms with Crippen molar-refractivity contribution < 1.29 is 4.74 Å². The first-order valence-corrected chi connectivity index (χ1v) is 6.22. The van der Waals surface area contributed by atoms with Crippen molar-refractivity contribution in [1.82, 2.24) is 14.5 Å². The van der Waals surface area contributed by atoms with E-state index in [2.05, 4.69) is 9.98 Å². The van der Waals surface area contributed by atoms with Crippen LogP contribution in [0.25, 0.3) is 5.69 Å². The number of methoxy groups -OCH3 is 1. The van der Waals surface area contributed by atoms with Crippen molar-refractivity contribution >= 4 is 12.2 Å². The molecule has 0 aliphatic carbocycles. The maximum Gasteiger partial charge on any atom is 0.334 e. The Kier molecular flexibility index (Phi) is 4.22. The first kappa shape index (κ1) is 14.6. The molecule has 0 atom stereocenters. The fourth-order valence-corrected chi connectivity index (χ4v) is 1.75. The molecule has 0 aliphatic rings. The highest BCUT2D eigenvalue weighted by Crippen LogP contribution is 2.18. The van der Waals surface area contributed by atoms with Crippen LogP contribution >= 0.6 is 0 Å². The molecule has 1 aromatic heterocycles. The summed E-state index contributed by atoms with van der Waals surface area (Å²) >= 11 is 0. The summed E-state index contributed by atoms with van der Waals surface area (Å²) in [6.45, 7) is 0. The van der Waals surface area contributed by atoms with Crippen molar-refractivity contribution in [3.05, 3.63) is 51.2 Å². The Hall–Kier alpha value is -2.83. The van der Waals surface area contributed by atoms with Crippen molar-refractivity contribution in [1.29, 1.82) is 0 Å². The molecular weight excluding hydrogens is 272 g/mol. The van der Waals surface area contributed by atoms with Crippen LogP contribution in [0.4, 0.5) is 5.82 Å². The third-order valence-corrected chi connectivity index (χ3v) is 2.65. The van der Waals surface area contributed by atoms with Gasteiger partial charge in [0.1, 0.15) is 11.6 Å². The molecule has 0 amide bonds.